The Morgan fingerprint density at radius 1 is 1.45 bits per heavy atom. The summed E-state index contributed by atoms with van der Waals surface area (Å²) in [6.07, 6.45) is 1.60. The normalized spacial score (nSPS) is 19.6. The molecule has 0 bridgehead atoms. The number of fused-ring (bicyclic) bond motifs is 1. The predicted molar refractivity (Wildman–Crippen MR) is 85.6 cm³/mol. The Kier molecular flexibility index (Phi) is 4.95. The first-order valence-electron chi connectivity index (χ1n) is 7.36. The fourth-order valence-corrected chi connectivity index (χ4v) is 3.24. The van der Waals surface area contributed by atoms with Crippen molar-refractivity contribution in [3.63, 3.8) is 0 Å². The lowest BCUT2D eigenvalue weighted by atomic mass is 10.2. The van der Waals surface area contributed by atoms with Crippen molar-refractivity contribution in [2.24, 2.45) is 0 Å². The molecule has 0 fully saturated rings. The molecule has 2 rings (SSSR count). The van der Waals surface area contributed by atoms with E-state index in [2.05, 4.69) is 5.32 Å². The molecule has 1 N–H and O–H groups in total. The lowest BCUT2D eigenvalue weighted by molar-refractivity contribution is -0.128. The first-order chi connectivity index (χ1) is 10.3. The van der Waals surface area contributed by atoms with Crippen molar-refractivity contribution in [1.29, 1.82) is 0 Å². The third-order valence-corrected chi connectivity index (χ3v) is 4.87. The van der Waals surface area contributed by atoms with Gasteiger partial charge in [0.25, 0.3) is 5.91 Å². The van der Waals surface area contributed by atoms with Gasteiger partial charge >= 0.3 is 0 Å². The Hall–Kier alpha value is -1.76. The molecule has 0 unspecified atom stereocenters. The van der Waals surface area contributed by atoms with Crippen LogP contribution in [0.3, 0.4) is 0 Å². The van der Waals surface area contributed by atoms with Crippen LogP contribution < -0.4 is 14.4 Å². The summed E-state index contributed by atoms with van der Waals surface area (Å²) >= 11 is 0. The second-order valence-corrected chi connectivity index (χ2v) is 7.42. The van der Waals surface area contributed by atoms with Crippen LogP contribution >= 0.6 is 0 Å². The smallest absolute Gasteiger partial charge is 0.261 e. The predicted octanol–water partition coefficient (Wildman–Crippen LogP) is 1.52. The maximum atomic E-state index is 12.3. The molecular formula is C15H22N2O4S. The average molecular weight is 326 g/mol. The Morgan fingerprint density at radius 2 is 2.14 bits per heavy atom. The van der Waals surface area contributed by atoms with Crippen LogP contribution in [0.2, 0.25) is 0 Å². The van der Waals surface area contributed by atoms with E-state index in [1.165, 1.54) is 4.31 Å². The molecule has 0 spiro atoms. The number of anilines is 1. The second-order valence-electron chi connectivity index (χ2n) is 5.52. The zero-order chi connectivity index (χ0) is 16.3. The number of carbonyl (C=O) groups is 1. The molecule has 1 heterocycles. The lowest BCUT2D eigenvalue weighted by Crippen LogP contribution is -2.43. The highest BCUT2D eigenvalue weighted by atomic mass is 32.2. The van der Waals surface area contributed by atoms with Crippen LogP contribution in [0.15, 0.2) is 24.3 Å². The minimum Gasteiger partial charge on any atom is -0.478 e. The summed E-state index contributed by atoms with van der Waals surface area (Å²) in [4.78, 5) is 12.3. The maximum Gasteiger partial charge on any atom is 0.261 e. The van der Waals surface area contributed by atoms with Crippen molar-refractivity contribution in [2.45, 2.75) is 38.8 Å². The molecule has 1 aromatic carbocycles. The zero-order valence-corrected chi connectivity index (χ0v) is 13.9. The van der Waals surface area contributed by atoms with Gasteiger partial charge < -0.3 is 10.1 Å². The summed E-state index contributed by atoms with van der Waals surface area (Å²) in [6.45, 7) is 4.12. The molecular weight excluding hydrogens is 304 g/mol. The van der Waals surface area contributed by atoms with E-state index in [0.29, 0.717) is 17.9 Å². The molecule has 7 heteroatoms. The molecule has 1 amide bonds. The number of carbonyl (C=O) groups excluding carboxylic acids is 1. The summed E-state index contributed by atoms with van der Waals surface area (Å²) < 4.78 is 31.0. The van der Waals surface area contributed by atoms with Crippen molar-refractivity contribution in [3.8, 4) is 5.75 Å². The van der Waals surface area contributed by atoms with Gasteiger partial charge in [0, 0.05) is 19.0 Å². The molecule has 2 atom stereocenters. The third-order valence-electron chi connectivity index (χ3n) is 3.69. The van der Waals surface area contributed by atoms with Crippen LogP contribution in [0.25, 0.3) is 0 Å². The highest BCUT2D eigenvalue weighted by Crippen LogP contribution is 2.33. The number of nitrogens with zero attached hydrogens (tertiary/aromatic N) is 1. The number of hydrogen-bond acceptors (Lipinski definition) is 4. The van der Waals surface area contributed by atoms with E-state index in [1.807, 2.05) is 13.8 Å². The van der Waals surface area contributed by atoms with Crippen molar-refractivity contribution < 1.29 is 17.9 Å². The van der Waals surface area contributed by atoms with Gasteiger partial charge in [-0.3, -0.25) is 9.10 Å². The van der Waals surface area contributed by atoms with Crippen LogP contribution in [-0.4, -0.2) is 39.3 Å². The van der Waals surface area contributed by atoms with Gasteiger partial charge in [-0.15, -0.1) is 0 Å². The van der Waals surface area contributed by atoms with Gasteiger partial charge in [0.1, 0.15) is 5.75 Å². The van der Waals surface area contributed by atoms with E-state index in [-0.39, 0.29) is 18.5 Å². The molecule has 0 radical (unpaired) electrons. The van der Waals surface area contributed by atoms with Crippen LogP contribution in [-0.2, 0) is 14.8 Å². The Bertz CT molecular complexity index is 645. The topological polar surface area (TPSA) is 75.7 Å². The molecule has 0 saturated carbocycles. The second kappa shape index (κ2) is 6.56. The standard InChI is InChI=1S/C15H22N2O4S/c1-4-11(2)16-15(18)14-9-10-17(22(3,19)20)12-7-5-6-8-13(12)21-14/h5-8,11,14H,4,9-10H2,1-3H3,(H,16,18)/t11-,14-/m0/s1. The number of sulfonamides is 1. The van der Waals surface area contributed by atoms with Crippen molar-refractivity contribution in [1.82, 2.24) is 5.32 Å². The Labute approximate surface area is 131 Å². The van der Waals surface area contributed by atoms with E-state index in [0.717, 1.165) is 12.7 Å². The van der Waals surface area contributed by atoms with E-state index >= 15 is 0 Å². The highest BCUT2D eigenvalue weighted by molar-refractivity contribution is 7.92. The molecule has 0 aromatic heterocycles. The summed E-state index contributed by atoms with van der Waals surface area (Å²) in [5.41, 5.74) is 0.476. The quantitative estimate of drug-likeness (QED) is 0.910. The van der Waals surface area contributed by atoms with E-state index in [9.17, 15) is 13.2 Å². The summed E-state index contributed by atoms with van der Waals surface area (Å²) in [7, 11) is -3.42. The molecule has 1 aliphatic rings. The molecule has 6 nitrogen and oxygen atoms in total. The number of nitrogens with one attached hydrogen (secondary N) is 1. The van der Waals surface area contributed by atoms with Gasteiger partial charge in [-0.1, -0.05) is 19.1 Å². The number of rotatable bonds is 4. The van der Waals surface area contributed by atoms with E-state index in [4.69, 9.17) is 4.74 Å². The van der Waals surface area contributed by atoms with Crippen LogP contribution in [0.4, 0.5) is 5.69 Å². The summed E-state index contributed by atoms with van der Waals surface area (Å²) in [6, 6.07) is 6.93. The number of ether oxygens (including phenoxy) is 1. The van der Waals surface area contributed by atoms with Crippen LogP contribution in [0.5, 0.6) is 5.75 Å². The van der Waals surface area contributed by atoms with Gasteiger partial charge in [-0.2, -0.15) is 0 Å². The van der Waals surface area contributed by atoms with Gasteiger partial charge in [0.15, 0.2) is 6.10 Å². The SMILES string of the molecule is CC[C@H](C)NC(=O)[C@@H]1CCN(S(C)(=O)=O)c2ccccc2O1. The van der Waals surface area contributed by atoms with Crippen molar-refractivity contribution >= 4 is 21.6 Å². The minimum atomic E-state index is -3.42. The van der Waals surface area contributed by atoms with E-state index in [1.54, 1.807) is 24.3 Å². The fraction of sp³-hybridized carbons (Fsp3) is 0.533. The Balaban J connectivity index is 2.28. The lowest BCUT2D eigenvalue weighted by Gasteiger charge is -2.20. The fourth-order valence-electron chi connectivity index (χ4n) is 2.30. The number of para-hydroxylation sites is 2. The van der Waals surface area contributed by atoms with E-state index < -0.39 is 16.1 Å². The minimum absolute atomic E-state index is 0.0561. The molecule has 1 aromatic rings. The highest BCUT2D eigenvalue weighted by Gasteiger charge is 2.31. The Morgan fingerprint density at radius 3 is 2.77 bits per heavy atom. The monoisotopic (exact) mass is 326 g/mol. The average Bonchev–Trinajstić information content (AvgIpc) is 2.66. The molecule has 1 aliphatic heterocycles. The zero-order valence-electron chi connectivity index (χ0n) is 13.1. The van der Waals surface area contributed by atoms with Crippen LogP contribution in [0.1, 0.15) is 26.7 Å². The number of hydrogen-bond donors (Lipinski definition) is 1. The van der Waals surface area contributed by atoms with Gasteiger partial charge in [-0.25, -0.2) is 8.42 Å². The van der Waals surface area contributed by atoms with Gasteiger partial charge in [0.2, 0.25) is 10.0 Å². The number of amides is 1. The largest absolute Gasteiger partial charge is 0.478 e. The summed E-state index contributed by atoms with van der Waals surface area (Å²) in [5, 5.41) is 2.88. The maximum absolute atomic E-state index is 12.3. The number of benzene rings is 1. The summed E-state index contributed by atoms with van der Waals surface area (Å²) in [5.74, 6) is 0.203. The molecule has 122 valence electrons. The first-order valence-corrected chi connectivity index (χ1v) is 9.21. The van der Waals surface area contributed by atoms with Gasteiger partial charge in [0.05, 0.1) is 11.9 Å². The first kappa shape index (κ1) is 16.6. The van der Waals surface area contributed by atoms with Crippen molar-refractivity contribution in [2.75, 3.05) is 17.1 Å². The third kappa shape index (κ3) is 3.71. The molecule has 0 aliphatic carbocycles. The van der Waals surface area contributed by atoms with Crippen molar-refractivity contribution in [3.05, 3.63) is 24.3 Å². The molecule has 0 saturated heterocycles. The van der Waals surface area contributed by atoms with Gasteiger partial charge in [-0.05, 0) is 25.5 Å². The van der Waals surface area contributed by atoms with Crippen LogP contribution in [0, 0.1) is 0 Å². The molecule has 22 heavy (non-hydrogen) atoms.